The van der Waals surface area contributed by atoms with Gasteiger partial charge in [-0.25, -0.2) is 0 Å². The third kappa shape index (κ3) is 5.90. The molecule has 10 aromatic rings. The molecule has 67 heavy (non-hydrogen) atoms. The lowest BCUT2D eigenvalue weighted by Gasteiger charge is -2.45. The van der Waals surface area contributed by atoms with Gasteiger partial charge in [-0.05, 0) is 141 Å². The highest BCUT2D eigenvalue weighted by Crippen LogP contribution is 2.62. The van der Waals surface area contributed by atoms with Crippen LogP contribution in [0.1, 0.15) is 76.3 Å². The number of fused-ring (bicyclic) bond motifs is 13. The molecule has 0 saturated carbocycles. The highest BCUT2D eigenvalue weighted by atomic mass is 15.2. The molecule has 3 nitrogen and oxygen atoms in total. The Bertz CT molecular complexity index is 3670. The topological polar surface area (TPSA) is 13.1 Å². The molecule has 12 rings (SSSR count). The summed E-state index contributed by atoms with van der Waals surface area (Å²) in [5.74, 6) is 0. The van der Waals surface area contributed by atoms with E-state index in [1.54, 1.807) is 0 Å². The van der Waals surface area contributed by atoms with Gasteiger partial charge in [0.15, 0.2) is 0 Å². The molecule has 3 heterocycles. The van der Waals surface area contributed by atoms with Crippen LogP contribution in [0.15, 0.2) is 212 Å². The Kier molecular flexibility index (Phi) is 8.96. The highest BCUT2D eigenvalue weighted by molar-refractivity contribution is 6.12. The van der Waals surface area contributed by atoms with Gasteiger partial charge in [0.25, 0.3) is 0 Å². The summed E-state index contributed by atoms with van der Waals surface area (Å²) in [4.78, 5) is 2.43. The van der Waals surface area contributed by atoms with Gasteiger partial charge in [0.05, 0.1) is 33.2 Å². The number of benzene rings is 8. The maximum Gasteiger partial charge on any atom is 0.0715 e. The standard InChI is InChI=1S/C64H55N3/c1-9-10-26-56-41(2)64(54-25-17-19-28-60(54)65(56)44-20-12-11-13-21-44)53-24-16-14-22-47(53)48-33-31-45(39-55(48)64)67-57-27-18-15-23-49(57)50-34-32-46(40-61(50)67)66-58-35-29-42(62(3,4)5)37-51(58)52-38-43(63(6,7)8)30-36-59(52)66/h9-40H,1H2,2-8H3/b26-10-. The van der Waals surface area contributed by atoms with E-state index in [0.717, 1.165) is 22.8 Å². The Morgan fingerprint density at radius 3 is 1.70 bits per heavy atom. The largest absolute Gasteiger partial charge is 0.310 e. The van der Waals surface area contributed by atoms with Crippen molar-refractivity contribution in [3.05, 3.63) is 240 Å². The number of aromatic nitrogens is 2. The Morgan fingerprint density at radius 1 is 0.448 bits per heavy atom. The average Bonchev–Trinajstić information content (AvgIpc) is 3.95. The summed E-state index contributed by atoms with van der Waals surface area (Å²) in [5, 5.41) is 5.06. The van der Waals surface area contributed by atoms with Crippen molar-refractivity contribution in [1.82, 2.24) is 9.13 Å². The Balaban J connectivity index is 1.13. The van der Waals surface area contributed by atoms with Gasteiger partial charge < -0.3 is 14.0 Å². The number of anilines is 2. The maximum absolute atomic E-state index is 4.11. The number of hydrogen-bond acceptors (Lipinski definition) is 1. The normalized spacial score (nSPS) is 16.0. The van der Waals surface area contributed by atoms with Crippen molar-refractivity contribution >= 4 is 55.0 Å². The molecule has 0 radical (unpaired) electrons. The third-order valence-corrected chi connectivity index (χ3v) is 14.8. The number of allylic oxidation sites excluding steroid dienone is 4. The first-order valence-electron chi connectivity index (χ1n) is 23.7. The Labute approximate surface area is 394 Å². The lowest BCUT2D eigenvalue weighted by atomic mass is 9.64. The fourth-order valence-electron chi connectivity index (χ4n) is 11.6. The smallest absolute Gasteiger partial charge is 0.0715 e. The molecular formula is C64H55N3. The van der Waals surface area contributed by atoms with Crippen LogP contribution in [0.4, 0.5) is 11.4 Å². The minimum atomic E-state index is -0.560. The van der Waals surface area contributed by atoms with Crippen LogP contribution in [-0.2, 0) is 16.2 Å². The van der Waals surface area contributed by atoms with Crippen LogP contribution in [0.25, 0.3) is 66.1 Å². The average molecular weight is 866 g/mol. The summed E-state index contributed by atoms with van der Waals surface area (Å²) >= 11 is 0. The van der Waals surface area contributed by atoms with E-state index in [1.165, 1.54) is 93.8 Å². The van der Waals surface area contributed by atoms with Crippen LogP contribution in [0.3, 0.4) is 0 Å². The van der Waals surface area contributed by atoms with Gasteiger partial charge in [-0.2, -0.15) is 0 Å². The van der Waals surface area contributed by atoms with E-state index in [0.29, 0.717) is 0 Å². The first-order valence-corrected chi connectivity index (χ1v) is 23.7. The molecule has 2 aliphatic rings. The molecule has 0 bridgehead atoms. The molecule has 1 aliphatic heterocycles. The Morgan fingerprint density at radius 2 is 1.00 bits per heavy atom. The fraction of sp³-hybridized carbons (Fsp3) is 0.156. The highest BCUT2D eigenvalue weighted by Gasteiger charge is 2.51. The minimum Gasteiger partial charge on any atom is -0.310 e. The summed E-state index contributed by atoms with van der Waals surface area (Å²) in [6.07, 6.45) is 6.20. The van der Waals surface area contributed by atoms with E-state index in [9.17, 15) is 0 Å². The molecule has 1 unspecified atom stereocenters. The number of para-hydroxylation sites is 3. The van der Waals surface area contributed by atoms with Crippen molar-refractivity contribution in [1.29, 1.82) is 0 Å². The zero-order chi connectivity index (χ0) is 46.0. The lowest BCUT2D eigenvalue weighted by Crippen LogP contribution is -2.38. The first-order chi connectivity index (χ1) is 32.4. The molecule has 1 atom stereocenters. The molecule has 1 aliphatic carbocycles. The van der Waals surface area contributed by atoms with E-state index in [4.69, 9.17) is 0 Å². The summed E-state index contributed by atoms with van der Waals surface area (Å²) in [7, 11) is 0. The summed E-state index contributed by atoms with van der Waals surface area (Å²) in [6, 6.07) is 66.3. The van der Waals surface area contributed by atoms with Crippen LogP contribution in [0.5, 0.6) is 0 Å². The monoisotopic (exact) mass is 865 g/mol. The first kappa shape index (κ1) is 40.9. The predicted molar refractivity (Wildman–Crippen MR) is 285 cm³/mol. The van der Waals surface area contributed by atoms with Crippen molar-refractivity contribution < 1.29 is 0 Å². The van der Waals surface area contributed by atoms with Gasteiger partial charge in [0, 0.05) is 44.3 Å². The maximum atomic E-state index is 4.11. The molecular weight excluding hydrogens is 811 g/mol. The lowest BCUT2D eigenvalue weighted by molar-refractivity contribution is 0.590. The molecule has 0 fully saturated rings. The van der Waals surface area contributed by atoms with Gasteiger partial charge >= 0.3 is 0 Å². The Hall–Kier alpha value is -7.62. The second kappa shape index (κ2) is 14.7. The number of rotatable bonds is 5. The summed E-state index contributed by atoms with van der Waals surface area (Å²) < 4.78 is 5.00. The molecule has 3 heteroatoms. The minimum absolute atomic E-state index is 0.0269. The molecule has 8 aromatic carbocycles. The van der Waals surface area contributed by atoms with Gasteiger partial charge in [0.2, 0.25) is 0 Å². The molecule has 2 aromatic heterocycles. The van der Waals surface area contributed by atoms with Gasteiger partial charge in [-0.1, -0.05) is 163 Å². The second-order valence-corrected chi connectivity index (χ2v) is 20.7. The van der Waals surface area contributed by atoms with Crippen molar-refractivity contribution in [3.8, 4) is 22.5 Å². The zero-order valence-corrected chi connectivity index (χ0v) is 39.5. The van der Waals surface area contributed by atoms with Crippen LogP contribution in [-0.4, -0.2) is 9.13 Å². The van der Waals surface area contributed by atoms with Gasteiger partial charge in [-0.15, -0.1) is 0 Å². The van der Waals surface area contributed by atoms with Crippen molar-refractivity contribution in [2.75, 3.05) is 4.90 Å². The molecule has 326 valence electrons. The quantitative estimate of drug-likeness (QED) is 0.157. The fourth-order valence-corrected chi connectivity index (χ4v) is 11.6. The van der Waals surface area contributed by atoms with E-state index < -0.39 is 5.41 Å². The van der Waals surface area contributed by atoms with E-state index in [-0.39, 0.29) is 10.8 Å². The van der Waals surface area contributed by atoms with Gasteiger partial charge in [0.1, 0.15) is 0 Å². The van der Waals surface area contributed by atoms with Gasteiger partial charge in [-0.3, -0.25) is 0 Å². The van der Waals surface area contributed by atoms with Crippen LogP contribution >= 0.6 is 0 Å². The number of hydrogen-bond donors (Lipinski definition) is 0. The summed E-state index contributed by atoms with van der Waals surface area (Å²) in [6.45, 7) is 20.3. The summed E-state index contributed by atoms with van der Waals surface area (Å²) in [5.41, 5.74) is 20.4. The van der Waals surface area contributed by atoms with E-state index >= 15 is 0 Å². The van der Waals surface area contributed by atoms with E-state index in [2.05, 4.69) is 257 Å². The van der Waals surface area contributed by atoms with Crippen LogP contribution in [0, 0.1) is 0 Å². The van der Waals surface area contributed by atoms with Crippen molar-refractivity contribution in [2.24, 2.45) is 0 Å². The number of nitrogens with zero attached hydrogens (tertiary/aromatic N) is 3. The molecule has 1 spiro atoms. The SMILES string of the molecule is C=C/C=C\C1=C(C)C2(c3ccccc3-c3ccc(-n4c5ccccc5c5ccc(-n6c7ccc(C(C)(C)C)cc7c7cc(C(C)(C)C)ccc76)cc54)cc32)c2ccccc2N1c1ccccc1. The zero-order valence-electron chi connectivity index (χ0n) is 39.5. The van der Waals surface area contributed by atoms with Crippen molar-refractivity contribution in [3.63, 3.8) is 0 Å². The molecule has 0 saturated heterocycles. The van der Waals surface area contributed by atoms with Crippen molar-refractivity contribution in [2.45, 2.75) is 64.7 Å². The van der Waals surface area contributed by atoms with Crippen LogP contribution in [0.2, 0.25) is 0 Å². The third-order valence-electron chi connectivity index (χ3n) is 14.8. The second-order valence-electron chi connectivity index (χ2n) is 20.7. The molecule has 0 N–H and O–H groups in total. The molecule has 0 amide bonds. The predicted octanol–water partition coefficient (Wildman–Crippen LogP) is 17.0. The van der Waals surface area contributed by atoms with E-state index in [1.807, 2.05) is 6.08 Å². The van der Waals surface area contributed by atoms with Crippen LogP contribution < -0.4 is 4.90 Å².